The predicted octanol–water partition coefficient (Wildman–Crippen LogP) is 4.73. The van der Waals surface area contributed by atoms with Crippen LogP contribution in [-0.4, -0.2) is 39.7 Å². The van der Waals surface area contributed by atoms with Crippen LogP contribution in [0.1, 0.15) is 38.8 Å². The molecule has 32 heavy (non-hydrogen) atoms. The molecule has 0 aliphatic rings. The molecule has 6 nitrogen and oxygen atoms in total. The Balaban J connectivity index is 2.08. The van der Waals surface area contributed by atoms with Crippen molar-refractivity contribution in [1.82, 2.24) is 16.0 Å². The molecule has 2 amide bonds. The Morgan fingerprint density at radius 2 is 1.16 bits per heavy atom. The summed E-state index contributed by atoms with van der Waals surface area (Å²) in [5, 5.41) is 8.30. The van der Waals surface area contributed by atoms with E-state index in [4.69, 9.17) is 46.4 Å². The quantitative estimate of drug-likeness (QED) is 0.205. The van der Waals surface area contributed by atoms with Crippen LogP contribution in [0.3, 0.4) is 0 Å². The van der Waals surface area contributed by atoms with E-state index in [-0.39, 0.29) is 11.8 Å². The number of aryl methyl sites for hydroxylation is 2. The monoisotopic (exact) mass is 516 g/mol. The summed E-state index contributed by atoms with van der Waals surface area (Å²) >= 11 is 24.1. The zero-order valence-corrected chi connectivity index (χ0v) is 20.7. The minimum atomic E-state index is -1.02. The van der Waals surface area contributed by atoms with E-state index < -0.39 is 22.0 Å². The maximum atomic E-state index is 12.5. The van der Waals surface area contributed by atoms with Gasteiger partial charge < -0.3 is 16.0 Å². The first-order valence-electron chi connectivity index (χ1n) is 9.69. The van der Waals surface area contributed by atoms with Crippen molar-refractivity contribution < 1.29 is 9.59 Å². The molecule has 3 N–H and O–H groups in total. The van der Waals surface area contributed by atoms with Crippen LogP contribution in [0.2, 0.25) is 0 Å². The van der Waals surface area contributed by atoms with Gasteiger partial charge >= 0.3 is 0 Å². The standard InChI is InChI=1S/C22H24Cl4N4O2/c1-12-4-8-15(9-5-12)21(31)29-19(17(23)24)27-14(3)28-20(18(25)26)30-22(32)16-10-6-13(2)7-11-16/h4-11,17-20H,1-3H3,(H,27,28)(H,29,31)(H,30,32)/t19-,20-/m1/s1. The number of benzene rings is 2. The lowest BCUT2D eigenvalue weighted by molar-refractivity contribution is 0.0931. The lowest BCUT2D eigenvalue weighted by Gasteiger charge is -2.23. The molecule has 0 fully saturated rings. The molecule has 0 saturated heterocycles. The highest BCUT2D eigenvalue weighted by Gasteiger charge is 2.23. The third-order valence-corrected chi connectivity index (χ3v) is 5.36. The summed E-state index contributed by atoms with van der Waals surface area (Å²) in [6.07, 6.45) is -1.80. The SMILES string of the molecule is CC(=N[C@H](NC(=O)c1ccc(C)cc1)C(Cl)Cl)N[C@H](NC(=O)c1ccc(C)cc1)C(Cl)Cl. The van der Waals surface area contributed by atoms with Gasteiger partial charge in [0.2, 0.25) is 0 Å². The van der Waals surface area contributed by atoms with Crippen LogP contribution in [0.15, 0.2) is 53.5 Å². The second-order valence-corrected chi connectivity index (χ2v) is 9.46. The summed E-state index contributed by atoms with van der Waals surface area (Å²) in [5.41, 5.74) is 2.96. The highest BCUT2D eigenvalue weighted by molar-refractivity contribution is 6.45. The number of carbonyl (C=O) groups is 2. The molecular formula is C22H24Cl4N4O2. The minimum absolute atomic E-state index is 0.311. The summed E-state index contributed by atoms with van der Waals surface area (Å²) in [6, 6.07) is 14.1. The number of carbonyl (C=O) groups excluding carboxylic acids is 2. The molecule has 2 aromatic carbocycles. The Hall–Kier alpha value is -1.99. The normalized spacial score (nSPS) is 13.6. The van der Waals surface area contributed by atoms with Crippen LogP contribution in [0.4, 0.5) is 0 Å². The van der Waals surface area contributed by atoms with E-state index in [1.54, 1.807) is 31.2 Å². The molecule has 0 spiro atoms. The van der Waals surface area contributed by atoms with Crippen LogP contribution < -0.4 is 16.0 Å². The Labute approximate surface area is 207 Å². The number of amidine groups is 1. The first kappa shape index (κ1) is 26.3. The van der Waals surface area contributed by atoms with Crippen LogP contribution in [0.5, 0.6) is 0 Å². The molecule has 0 bridgehead atoms. The van der Waals surface area contributed by atoms with Gasteiger partial charge in [-0.2, -0.15) is 0 Å². The molecule has 0 heterocycles. The fraction of sp³-hybridized carbons (Fsp3) is 0.318. The minimum Gasteiger partial charge on any atom is -0.352 e. The maximum Gasteiger partial charge on any atom is 0.252 e. The molecule has 172 valence electrons. The van der Waals surface area contributed by atoms with Gasteiger partial charge in [0.1, 0.15) is 15.8 Å². The molecular weight excluding hydrogens is 494 g/mol. The van der Waals surface area contributed by atoms with Crippen LogP contribution >= 0.6 is 46.4 Å². The fourth-order valence-corrected chi connectivity index (χ4v) is 3.13. The molecule has 0 aliphatic carbocycles. The highest BCUT2D eigenvalue weighted by atomic mass is 35.5. The lowest BCUT2D eigenvalue weighted by atomic mass is 10.1. The number of hydrogen-bond acceptors (Lipinski definition) is 3. The number of hydrogen-bond donors (Lipinski definition) is 3. The summed E-state index contributed by atoms with van der Waals surface area (Å²) in [7, 11) is 0. The summed E-state index contributed by atoms with van der Waals surface area (Å²) in [6.45, 7) is 5.46. The average molecular weight is 518 g/mol. The Morgan fingerprint density at radius 1 is 0.719 bits per heavy atom. The van der Waals surface area contributed by atoms with E-state index in [2.05, 4.69) is 20.9 Å². The van der Waals surface area contributed by atoms with Crippen molar-refractivity contribution in [3.8, 4) is 0 Å². The molecule has 10 heteroatoms. The largest absolute Gasteiger partial charge is 0.352 e. The van der Waals surface area contributed by atoms with Gasteiger partial charge in [-0.05, 0) is 45.0 Å². The Kier molecular flexibility index (Phi) is 10.1. The topological polar surface area (TPSA) is 82.6 Å². The number of aliphatic imine (C=N–C) groups is 1. The van der Waals surface area contributed by atoms with Gasteiger partial charge in [0, 0.05) is 11.1 Å². The summed E-state index contributed by atoms with van der Waals surface area (Å²) in [5.74, 6) is -0.431. The van der Waals surface area contributed by atoms with Crippen molar-refractivity contribution in [3.63, 3.8) is 0 Å². The molecule has 2 atom stereocenters. The van der Waals surface area contributed by atoms with E-state index in [1.807, 2.05) is 38.1 Å². The third kappa shape index (κ3) is 8.17. The number of halogens is 4. The van der Waals surface area contributed by atoms with E-state index >= 15 is 0 Å². The molecule has 0 saturated carbocycles. The van der Waals surface area contributed by atoms with Crippen LogP contribution in [0.25, 0.3) is 0 Å². The molecule has 0 unspecified atom stereocenters. The van der Waals surface area contributed by atoms with Gasteiger partial charge in [-0.3, -0.25) is 9.59 Å². The molecule has 0 radical (unpaired) electrons. The first-order chi connectivity index (χ1) is 15.1. The third-order valence-electron chi connectivity index (χ3n) is 4.38. The van der Waals surface area contributed by atoms with Gasteiger partial charge in [-0.15, -0.1) is 46.4 Å². The molecule has 0 aliphatic heterocycles. The average Bonchev–Trinajstić information content (AvgIpc) is 2.73. The van der Waals surface area contributed by atoms with Gasteiger partial charge in [-0.1, -0.05) is 35.4 Å². The Bertz CT molecular complexity index is 947. The molecule has 0 aromatic heterocycles. The van der Waals surface area contributed by atoms with Crippen molar-refractivity contribution in [2.45, 2.75) is 42.8 Å². The number of nitrogens with zero attached hydrogens (tertiary/aromatic N) is 1. The number of nitrogens with one attached hydrogen (secondary N) is 3. The van der Waals surface area contributed by atoms with Crippen LogP contribution in [-0.2, 0) is 0 Å². The zero-order valence-electron chi connectivity index (χ0n) is 17.7. The molecule has 2 rings (SSSR count). The van der Waals surface area contributed by atoms with Crippen molar-refractivity contribution in [2.24, 2.45) is 4.99 Å². The fourth-order valence-electron chi connectivity index (χ4n) is 2.64. The highest BCUT2D eigenvalue weighted by Crippen LogP contribution is 2.13. The lowest BCUT2D eigenvalue weighted by Crippen LogP contribution is -2.52. The smallest absolute Gasteiger partial charge is 0.252 e. The van der Waals surface area contributed by atoms with E-state index in [0.29, 0.717) is 17.0 Å². The van der Waals surface area contributed by atoms with E-state index in [0.717, 1.165) is 11.1 Å². The Morgan fingerprint density at radius 3 is 1.56 bits per heavy atom. The maximum absolute atomic E-state index is 12.5. The summed E-state index contributed by atoms with van der Waals surface area (Å²) in [4.78, 5) is 27.3. The number of amides is 2. The van der Waals surface area contributed by atoms with Crippen molar-refractivity contribution >= 4 is 64.1 Å². The molecule has 2 aromatic rings. The second kappa shape index (κ2) is 12.3. The van der Waals surface area contributed by atoms with Gasteiger partial charge in [-0.25, -0.2) is 4.99 Å². The van der Waals surface area contributed by atoms with E-state index in [1.165, 1.54) is 0 Å². The van der Waals surface area contributed by atoms with Crippen molar-refractivity contribution in [2.75, 3.05) is 0 Å². The zero-order chi connectivity index (χ0) is 23.8. The van der Waals surface area contributed by atoms with Crippen LogP contribution in [0, 0.1) is 13.8 Å². The van der Waals surface area contributed by atoms with Gasteiger partial charge in [0.25, 0.3) is 11.8 Å². The van der Waals surface area contributed by atoms with Gasteiger partial charge in [0.15, 0.2) is 6.17 Å². The van der Waals surface area contributed by atoms with Gasteiger partial charge in [0.05, 0.1) is 5.84 Å². The summed E-state index contributed by atoms with van der Waals surface area (Å²) < 4.78 is 0. The number of alkyl halides is 4. The number of rotatable bonds is 8. The predicted molar refractivity (Wildman–Crippen MR) is 132 cm³/mol. The first-order valence-corrected chi connectivity index (χ1v) is 11.4. The van der Waals surface area contributed by atoms with Crippen molar-refractivity contribution in [1.29, 1.82) is 0 Å². The van der Waals surface area contributed by atoms with E-state index in [9.17, 15) is 9.59 Å². The second-order valence-electron chi connectivity index (χ2n) is 7.13. The van der Waals surface area contributed by atoms with Crippen molar-refractivity contribution in [3.05, 3.63) is 70.8 Å².